The third kappa shape index (κ3) is 3.16. The van der Waals surface area contributed by atoms with Crippen LogP contribution in [0.5, 0.6) is 0 Å². The number of hydrogen-bond acceptors (Lipinski definition) is 1. The van der Waals surface area contributed by atoms with E-state index in [1.807, 2.05) is 0 Å². The van der Waals surface area contributed by atoms with Crippen LogP contribution in [0.3, 0.4) is 0 Å². The molecule has 1 atom stereocenters. The van der Waals surface area contributed by atoms with E-state index in [0.29, 0.717) is 0 Å². The van der Waals surface area contributed by atoms with Gasteiger partial charge in [-0.05, 0) is 33.6 Å². The Kier molecular flexibility index (Phi) is 4.27. The number of benzene rings is 2. The van der Waals surface area contributed by atoms with Crippen LogP contribution in [-0.2, 0) is 6.42 Å². The summed E-state index contributed by atoms with van der Waals surface area (Å²) < 4.78 is 40.2. The molecule has 100 valence electrons. The van der Waals surface area contributed by atoms with Crippen LogP contribution in [0.1, 0.15) is 17.2 Å². The van der Waals surface area contributed by atoms with Crippen LogP contribution in [0.25, 0.3) is 0 Å². The molecule has 0 bridgehead atoms. The third-order valence-electron chi connectivity index (χ3n) is 2.77. The van der Waals surface area contributed by atoms with Gasteiger partial charge in [-0.1, -0.05) is 18.2 Å². The van der Waals surface area contributed by atoms with Gasteiger partial charge >= 0.3 is 0 Å². The van der Waals surface area contributed by atoms with Crippen molar-refractivity contribution in [3.63, 3.8) is 0 Å². The lowest BCUT2D eigenvalue weighted by atomic mass is 10.0. The highest BCUT2D eigenvalue weighted by atomic mass is 79.9. The monoisotopic (exact) mass is 330 g/mol. The van der Waals surface area contributed by atoms with E-state index in [-0.39, 0.29) is 22.0 Å². The summed E-state index contributed by atoms with van der Waals surface area (Å²) in [6.45, 7) is 0. The van der Waals surface area contributed by atoms with Crippen LogP contribution < -0.4 is 0 Å². The van der Waals surface area contributed by atoms with Crippen molar-refractivity contribution >= 4 is 15.9 Å². The summed E-state index contributed by atoms with van der Waals surface area (Å²) in [6, 6.07) is 7.58. The number of rotatable bonds is 3. The fourth-order valence-electron chi connectivity index (χ4n) is 1.78. The van der Waals surface area contributed by atoms with Crippen molar-refractivity contribution in [1.82, 2.24) is 0 Å². The zero-order chi connectivity index (χ0) is 14.0. The Morgan fingerprint density at radius 3 is 2.53 bits per heavy atom. The Labute approximate surface area is 116 Å². The molecule has 0 aliphatic heterocycles. The maximum absolute atomic E-state index is 13.8. The van der Waals surface area contributed by atoms with E-state index in [2.05, 4.69) is 15.9 Å². The van der Waals surface area contributed by atoms with Crippen LogP contribution in [-0.4, -0.2) is 5.11 Å². The lowest BCUT2D eigenvalue weighted by Crippen LogP contribution is -2.06. The predicted octanol–water partition coefficient (Wildman–Crippen LogP) is 4.14. The first-order chi connectivity index (χ1) is 8.99. The molecule has 1 unspecified atom stereocenters. The number of hydrogen-bond donors (Lipinski definition) is 1. The largest absolute Gasteiger partial charge is 0.388 e. The average molecular weight is 331 g/mol. The molecule has 1 N–H and O–H groups in total. The molecule has 0 aromatic heterocycles. The SMILES string of the molecule is OC(Cc1ccc(F)cc1F)c1cccc(Br)c1F. The molecule has 0 aliphatic carbocycles. The summed E-state index contributed by atoms with van der Waals surface area (Å²) in [5.74, 6) is -2.03. The minimum atomic E-state index is -1.20. The van der Waals surface area contributed by atoms with Gasteiger partial charge in [-0.25, -0.2) is 13.2 Å². The molecule has 0 saturated heterocycles. The molecule has 0 aliphatic rings. The van der Waals surface area contributed by atoms with Crippen LogP contribution in [0, 0.1) is 17.5 Å². The fraction of sp³-hybridized carbons (Fsp3) is 0.143. The second-order valence-corrected chi connectivity index (χ2v) is 4.95. The molecule has 1 nitrogen and oxygen atoms in total. The van der Waals surface area contributed by atoms with Gasteiger partial charge in [0.1, 0.15) is 17.5 Å². The molecular weight excluding hydrogens is 321 g/mol. The Morgan fingerprint density at radius 1 is 1.11 bits per heavy atom. The Balaban J connectivity index is 2.25. The normalized spacial score (nSPS) is 12.5. The molecule has 0 fully saturated rings. The highest BCUT2D eigenvalue weighted by molar-refractivity contribution is 9.10. The molecule has 19 heavy (non-hydrogen) atoms. The van der Waals surface area contributed by atoms with E-state index < -0.39 is 23.6 Å². The molecule has 0 amide bonds. The quantitative estimate of drug-likeness (QED) is 0.896. The third-order valence-corrected chi connectivity index (χ3v) is 3.38. The first-order valence-corrected chi connectivity index (χ1v) is 6.34. The first-order valence-electron chi connectivity index (χ1n) is 5.55. The molecule has 2 aromatic rings. The molecular formula is C14H10BrF3O. The topological polar surface area (TPSA) is 20.2 Å². The second kappa shape index (κ2) is 5.75. The number of aliphatic hydroxyl groups excluding tert-OH is 1. The summed E-state index contributed by atoms with van der Waals surface area (Å²) >= 11 is 3.01. The summed E-state index contributed by atoms with van der Waals surface area (Å²) in [5.41, 5.74) is 0.200. The van der Waals surface area contributed by atoms with Gasteiger partial charge < -0.3 is 5.11 Å². The summed E-state index contributed by atoms with van der Waals surface area (Å²) in [5, 5.41) is 9.95. The molecule has 2 aromatic carbocycles. The Bertz CT molecular complexity index is 601. The maximum atomic E-state index is 13.8. The van der Waals surface area contributed by atoms with Gasteiger partial charge in [-0.3, -0.25) is 0 Å². The van der Waals surface area contributed by atoms with Gasteiger partial charge in [0.2, 0.25) is 0 Å². The highest BCUT2D eigenvalue weighted by Crippen LogP contribution is 2.26. The minimum Gasteiger partial charge on any atom is -0.388 e. The Hall–Kier alpha value is -1.33. The van der Waals surface area contributed by atoms with Gasteiger partial charge in [0.15, 0.2) is 0 Å². The lowest BCUT2D eigenvalue weighted by molar-refractivity contribution is 0.172. The average Bonchev–Trinajstić information content (AvgIpc) is 2.36. The van der Waals surface area contributed by atoms with Gasteiger partial charge in [-0.15, -0.1) is 0 Å². The van der Waals surface area contributed by atoms with E-state index in [0.717, 1.165) is 12.1 Å². The Morgan fingerprint density at radius 2 is 1.84 bits per heavy atom. The molecule has 2 rings (SSSR count). The van der Waals surface area contributed by atoms with Crippen molar-refractivity contribution in [1.29, 1.82) is 0 Å². The van der Waals surface area contributed by atoms with Crippen molar-refractivity contribution in [3.05, 3.63) is 69.4 Å². The lowest BCUT2D eigenvalue weighted by Gasteiger charge is -2.13. The smallest absolute Gasteiger partial charge is 0.143 e. The fourth-order valence-corrected chi connectivity index (χ4v) is 2.16. The van der Waals surface area contributed by atoms with Gasteiger partial charge in [0.05, 0.1) is 10.6 Å². The standard InChI is InChI=1S/C14H10BrF3O/c15-11-3-1-2-10(14(11)18)13(19)6-8-4-5-9(16)7-12(8)17/h1-5,7,13,19H,6H2. The zero-order valence-corrected chi connectivity index (χ0v) is 11.3. The molecule has 0 radical (unpaired) electrons. The van der Waals surface area contributed by atoms with E-state index >= 15 is 0 Å². The van der Waals surface area contributed by atoms with E-state index in [4.69, 9.17) is 0 Å². The minimum absolute atomic E-state index is 0.0677. The maximum Gasteiger partial charge on any atom is 0.143 e. The number of aliphatic hydroxyl groups is 1. The van der Waals surface area contributed by atoms with Gasteiger partial charge in [0, 0.05) is 18.1 Å². The molecule has 0 heterocycles. The summed E-state index contributed by atoms with van der Waals surface area (Å²) in [7, 11) is 0. The first kappa shape index (κ1) is 14.1. The van der Waals surface area contributed by atoms with E-state index in [9.17, 15) is 18.3 Å². The molecule has 5 heteroatoms. The van der Waals surface area contributed by atoms with Crippen molar-refractivity contribution in [3.8, 4) is 0 Å². The van der Waals surface area contributed by atoms with Crippen molar-refractivity contribution in [2.45, 2.75) is 12.5 Å². The summed E-state index contributed by atoms with van der Waals surface area (Å²) in [4.78, 5) is 0. The van der Waals surface area contributed by atoms with Crippen LogP contribution >= 0.6 is 15.9 Å². The van der Waals surface area contributed by atoms with Crippen molar-refractivity contribution in [2.24, 2.45) is 0 Å². The van der Waals surface area contributed by atoms with Gasteiger partial charge in [-0.2, -0.15) is 0 Å². The van der Waals surface area contributed by atoms with Crippen molar-refractivity contribution in [2.75, 3.05) is 0 Å². The highest BCUT2D eigenvalue weighted by Gasteiger charge is 2.17. The molecule has 0 saturated carbocycles. The van der Waals surface area contributed by atoms with Crippen molar-refractivity contribution < 1.29 is 18.3 Å². The number of halogens is 4. The van der Waals surface area contributed by atoms with Gasteiger partial charge in [0.25, 0.3) is 0 Å². The molecule has 0 spiro atoms. The van der Waals surface area contributed by atoms with Crippen LogP contribution in [0.4, 0.5) is 13.2 Å². The predicted molar refractivity (Wildman–Crippen MR) is 69.1 cm³/mol. The summed E-state index contributed by atoms with van der Waals surface area (Å²) in [6.07, 6.45) is -1.32. The zero-order valence-electron chi connectivity index (χ0n) is 9.71. The van der Waals surface area contributed by atoms with E-state index in [1.165, 1.54) is 18.2 Å². The van der Waals surface area contributed by atoms with Crippen LogP contribution in [0.2, 0.25) is 0 Å². The second-order valence-electron chi connectivity index (χ2n) is 4.10. The van der Waals surface area contributed by atoms with E-state index in [1.54, 1.807) is 6.07 Å². The van der Waals surface area contributed by atoms with Crippen LogP contribution in [0.15, 0.2) is 40.9 Å².